The van der Waals surface area contributed by atoms with Crippen LogP contribution in [-0.2, 0) is 17.8 Å². The number of hydrogen-bond donors (Lipinski definition) is 1. The number of amides is 1. The standard InChI is InChI=1S/C15H18N4OS2/c1-10(21-15-18-17-14(16-2)22-15)13(20)19-8-7-11-5-3-4-6-12(11)9-19/h3-6,10H,7-9H2,1-2H3,(H,16,17)/t10-/m1/s1. The van der Waals surface area contributed by atoms with Crippen molar-refractivity contribution < 1.29 is 4.79 Å². The summed E-state index contributed by atoms with van der Waals surface area (Å²) in [4.78, 5) is 14.6. The van der Waals surface area contributed by atoms with Crippen LogP contribution in [0.1, 0.15) is 18.1 Å². The summed E-state index contributed by atoms with van der Waals surface area (Å²) in [5.74, 6) is 0.167. The number of carbonyl (C=O) groups excluding carboxylic acids is 1. The Labute approximate surface area is 138 Å². The Bertz CT molecular complexity index is 673. The van der Waals surface area contributed by atoms with Gasteiger partial charge < -0.3 is 10.2 Å². The van der Waals surface area contributed by atoms with Crippen molar-refractivity contribution in [2.75, 3.05) is 18.9 Å². The lowest BCUT2D eigenvalue weighted by Gasteiger charge is -2.30. The van der Waals surface area contributed by atoms with Crippen molar-refractivity contribution in [3.63, 3.8) is 0 Å². The van der Waals surface area contributed by atoms with Crippen LogP contribution in [0.2, 0.25) is 0 Å². The summed E-state index contributed by atoms with van der Waals surface area (Å²) in [5.41, 5.74) is 2.61. The maximum atomic E-state index is 12.6. The van der Waals surface area contributed by atoms with Crippen LogP contribution >= 0.6 is 23.1 Å². The lowest BCUT2D eigenvalue weighted by molar-refractivity contribution is -0.131. The van der Waals surface area contributed by atoms with Crippen molar-refractivity contribution in [3.05, 3.63) is 35.4 Å². The molecular formula is C15H18N4OS2. The molecule has 0 spiro atoms. The number of carbonyl (C=O) groups is 1. The van der Waals surface area contributed by atoms with E-state index in [2.05, 4.69) is 33.7 Å². The second-order valence-electron chi connectivity index (χ2n) is 5.16. The van der Waals surface area contributed by atoms with E-state index in [0.717, 1.165) is 22.4 Å². The molecule has 1 aliphatic rings. The normalized spacial score (nSPS) is 15.3. The molecule has 1 aromatic carbocycles. The zero-order valence-electron chi connectivity index (χ0n) is 12.6. The molecule has 0 radical (unpaired) electrons. The molecule has 0 saturated carbocycles. The SMILES string of the molecule is CNc1nnc(S[C@H](C)C(=O)N2CCc3ccccc3C2)s1. The number of benzene rings is 1. The number of rotatable bonds is 4. The predicted octanol–water partition coefficient (Wildman–Crippen LogP) is 2.65. The van der Waals surface area contributed by atoms with Gasteiger partial charge in [-0.1, -0.05) is 47.4 Å². The molecule has 116 valence electrons. The fourth-order valence-electron chi connectivity index (χ4n) is 2.50. The summed E-state index contributed by atoms with van der Waals surface area (Å²) in [6.07, 6.45) is 0.933. The Kier molecular flexibility index (Phi) is 4.63. The van der Waals surface area contributed by atoms with Crippen LogP contribution in [0.25, 0.3) is 0 Å². The monoisotopic (exact) mass is 334 g/mol. The number of nitrogens with one attached hydrogen (secondary N) is 1. The first-order chi connectivity index (χ1) is 10.7. The van der Waals surface area contributed by atoms with Crippen LogP contribution in [0, 0.1) is 0 Å². The molecule has 5 nitrogen and oxygen atoms in total. The van der Waals surface area contributed by atoms with Gasteiger partial charge in [0.2, 0.25) is 11.0 Å². The summed E-state index contributed by atoms with van der Waals surface area (Å²) in [5, 5.41) is 11.7. The minimum atomic E-state index is -0.150. The molecular weight excluding hydrogens is 316 g/mol. The van der Waals surface area contributed by atoms with E-state index in [0.29, 0.717) is 6.54 Å². The number of thioether (sulfide) groups is 1. The van der Waals surface area contributed by atoms with Gasteiger partial charge in [0.25, 0.3) is 0 Å². The molecule has 22 heavy (non-hydrogen) atoms. The molecule has 2 aromatic rings. The molecule has 0 aliphatic carbocycles. The average molecular weight is 334 g/mol. The Morgan fingerprint density at radius 3 is 2.86 bits per heavy atom. The van der Waals surface area contributed by atoms with E-state index in [1.807, 2.05) is 24.9 Å². The number of fused-ring (bicyclic) bond motifs is 1. The van der Waals surface area contributed by atoms with E-state index < -0.39 is 0 Å². The Morgan fingerprint density at radius 1 is 1.36 bits per heavy atom. The lowest BCUT2D eigenvalue weighted by Crippen LogP contribution is -2.40. The highest BCUT2D eigenvalue weighted by molar-refractivity contribution is 8.02. The maximum Gasteiger partial charge on any atom is 0.236 e. The fourth-order valence-corrected chi connectivity index (χ4v) is 4.43. The van der Waals surface area contributed by atoms with Crippen molar-refractivity contribution in [1.29, 1.82) is 0 Å². The highest BCUT2D eigenvalue weighted by Gasteiger charge is 2.26. The molecule has 1 atom stereocenters. The van der Waals surface area contributed by atoms with Gasteiger partial charge in [0.05, 0.1) is 5.25 Å². The topological polar surface area (TPSA) is 58.1 Å². The quantitative estimate of drug-likeness (QED) is 0.871. The van der Waals surface area contributed by atoms with Gasteiger partial charge in [-0.15, -0.1) is 10.2 Å². The van der Waals surface area contributed by atoms with Gasteiger partial charge in [-0.25, -0.2) is 0 Å². The summed E-state index contributed by atoms with van der Waals surface area (Å²) in [6.45, 7) is 3.43. The van der Waals surface area contributed by atoms with Crippen LogP contribution in [0.15, 0.2) is 28.6 Å². The van der Waals surface area contributed by atoms with Crippen molar-refractivity contribution in [1.82, 2.24) is 15.1 Å². The number of anilines is 1. The minimum Gasteiger partial charge on any atom is -0.363 e. The second kappa shape index (κ2) is 6.66. The van der Waals surface area contributed by atoms with Gasteiger partial charge in [-0.2, -0.15) is 0 Å². The first kappa shape index (κ1) is 15.3. The predicted molar refractivity (Wildman–Crippen MR) is 90.3 cm³/mol. The fraction of sp³-hybridized carbons (Fsp3) is 0.400. The molecule has 1 aliphatic heterocycles. The van der Waals surface area contributed by atoms with Crippen molar-refractivity contribution in [3.8, 4) is 0 Å². The van der Waals surface area contributed by atoms with Crippen LogP contribution in [-0.4, -0.2) is 39.8 Å². The van der Waals surface area contributed by atoms with E-state index in [-0.39, 0.29) is 11.2 Å². The first-order valence-electron chi connectivity index (χ1n) is 7.21. The van der Waals surface area contributed by atoms with Gasteiger partial charge in [-0.3, -0.25) is 4.79 Å². The van der Waals surface area contributed by atoms with Crippen LogP contribution in [0.5, 0.6) is 0 Å². The Hall–Kier alpha value is -1.60. The van der Waals surface area contributed by atoms with E-state index in [4.69, 9.17) is 0 Å². The second-order valence-corrected chi connectivity index (χ2v) is 7.73. The highest BCUT2D eigenvalue weighted by atomic mass is 32.2. The molecule has 3 rings (SSSR count). The number of nitrogens with zero attached hydrogens (tertiary/aromatic N) is 3. The molecule has 1 amide bonds. The van der Waals surface area contributed by atoms with Gasteiger partial charge in [0.15, 0.2) is 4.34 Å². The number of aromatic nitrogens is 2. The zero-order valence-corrected chi connectivity index (χ0v) is 14.2. The molecule has 0 saturated heterocycles. The lowest BCUT2D eigenvalue weighted by atomic mass is 10.00. The van der Waals surface area contributed by atoms with Crippen LogP contribution in [0.3, 0.4) is 0 Å². The van der Waals surface area contributed by atoms with Crippen molar-refractivity contribution >= 4 is 34.1 Å². The van der Waals surface area contributed by atoms with Gasteiger partial charge >= 0.3 is 0 Å². The molecule has 1 aromatic heterocycles. The van der Waals surface area contributed by atoms with Crippen molar-refractivity contribution in [2.45, 2.75) is 29.5 Å². The molecule has 7 heteroatoms. The maximum absolute atomic E-state index is 12.6. The summed E-state index contributed by atoms with van der Waals surface area (Å²) in [6, 6.07) is 8.35. The van der Waals surface area contributed by atoms with Gasteiger partial charge in [0.1, 0.15) is 0 Å². The Balaban J connectivity index is 1.64. The molecule has 0 unspecified atom stereocenters. The zero-order chi connectivity index (χ0) is 15.5. The van der Waals surface area contributed by atoms with E-state index >= 15 is 0 Å². The van der Waals surface area contributed by atoms with Crippen LogP contribution < -0.4 is 5.32 Å². The smallest absolute Gasteiger partial charge is 0.236 e. The number of hydrogen-bond acceptors (Lipinski definition) is 6. The third-order valence-corrected chi connectivity index (χ3v) is 5.80. The average Bonchev–Trinajstić information content (AvgIpc) is 3.01. The summed E-state index contributed by atoms with van der Waals surface area (Å²) in [7, 11) is 1.81. The third kappa shape index (κ3) is 3.25. The molecule has 0 fully saturated rings. The van der Waals surface area contributed by atoms with Crippen molar-refractivity contribution in [2.24, 2.45) is 0 Å². The summed E-state index contributed by atoms with van der Waals surface area (Å²) < 4.78 is 0.822. The summed E-state index contributed by atoms with van der Waals surface area (Å²) >= 11 is 2.95. The van der Waals surface area contributed by atoms with E-state index in [1.165, 1.54) is 34.2 Å². The molecule has 0 bridgehead atoms. The van der Waals surface area contributed by atoms with Crippen LogP contribution in [0.4, 0.5) is 5.13 Å². The van der Waals surface area contributed by atoms with E-state index in [1.54, 1.807) is 0 Å². The highest BCUT2D eigenvalue weighted by Crippen LogP contribution is 2.30. The van der Waals surface area contributed by atoms with E-state index in [9.17, 15) is 4.79 Å². The largest absolute Gasteiger partial charge is 0.363 e. The van der Waals surface area contributed by atoms with Gasteiger partial charge in [0, 0.05) is 20.1 Å². The van der Waals surface area contributed by atoms with Gasteiger partial charge in [-0.05, 0) is 24.5 Å². The Morgan fingerprint density at radius 2 is 2.14 bits per heavy atom. The molecule has 2 heterocycles. The first-order valence-corrected chi connectivity index (χ1v) is 8.90. The third-order valence-electron chi connectivity index (χ3n) is 3.69. The molecule has 1 N–H and O–H groups in total. The minimum absolute atomic E-state index is 0.150.